The van der Waals surface area contributed by atoms with Crippen LogP contribution in [0.4, 0.5) is 0 Å². The van der Waals surface area contributed by atoms with Gasteiger partial charge in [0.05, 0.1) is 6.04 Å². The fraction of sp³-hybridized carbons (Fsp3) is 0.154. The molecule has 0 bridgehead atoms. The molecule has 0 aliphatic carbocycles. The van der Waals surface area contributed by atoms with Gasteiger partial charge in [0.2, 0.25) is 0 Å². The molecule has 0 aliphatic heterocycles. The van der Waals surface area contributed by atoms with Gasteiger partial charge in [-0.2, -0.15) is 0 Å². The maximum atomic E-state index is 6.30. The summed E-state index contributed by atoms with van der Waals surface area (Å²) in [6.45, 7) is 0. The number of fused-ring (bicyclic) bond motifs is 1. The molecule has 2 aromatic heterocycles. The molecule has 2 heterocycles. The molecular weight excluding hydrogens is 230 g/mol. The molecule has 0 saturated heterocycles. The molecular formula is C13H13N3S. The molecule has 1 aromatic carbocycles. The van der Waals surface area contributed by atoms with Crippen LogP contribution in [0, 0.1) is 0 Å². The van der Waals surface area contributed by atoms with Gasteiger partial charge in [0.15, 0.2) is 0 Å². The zero-order valence-electron chi connectivity index (χ0n) is 9.50. The third-order valence-electron chi connectivity index (χ3n) is 2.98. The standard InChI is InChI=1S/C13H13N3S/c1-16-7-6-15-13(16)12(14)10-8-17-11-5-3-2-4-9(10)11/h2-8,12H,14H2,1H3. The highest BCUT2D eigenvalue weighted by Gasteiger charge is 2.16. The molecule has 0 radical (unpaired) electrons. The fourth-order valence-corrected chi connectivity index (χ4v) is 3.05. The molecule has 4 heteroatoms. The van der Waals surface area contributed by atoms with Crippen LogP contribution in [-0.2, 0) is 7.05 Å². The van der Waals surface area contributed by atoms with Crippen molar-refractivity contribution in [3.8, 4) is 0 Å². The number of hydrogen-bond acceptors (Lipinski definition) is 3. The SMILES string of the molecule is Cn1ccnc1C(N)c1csc2ccccc12. The van der Waals surface area contributed by atoms with Gasteiger partial charge in [-0.15, -0.1) is 11.3 Å². The molecule has 3 aromatic rings. The normalized spacial score (nSPS) is 13.1. The summed E-state index contributed by atoms with van der Waals surface area (Å²) in [4.78, 5) is 4.32. The lowest BCUT2D eigenvalue weighted by molar-refractivity contribution is 0.722. The van der Waals surface area contributed by atoms with E-state index in [1.165, 1.54) is 10.1 Å². The second-order valence-corrected chi connectivity index (χ2v) is 4.97. The Morgan fingerprint density at radius 1 is 1.35 bits per heavy atom. The number of thiophene rings is 1. The highest BCUT2D eigenvalue weighted by atomic mass is 32.1. The van der Waals surface area contributed by atoms with Crippen molar-refractivity contribution in [1.29, 1.82) is 0 Å². The van der Waals surface area contributed by atoms with Gasteiger partial charge in [-0.05, 0) is 22.4 Å². The lowest BCUT2D eigenvalue weighted by Crippen LogP contribution is -2.16. The Bertz CT molecular complexity index is 653. The molecule has 2 N–H and O–H groups in total. The van der Waals surface area contributed by atoms with Gasteiger partial charge < -0.3 is 10.3 Å². The molecule has 1 unspecified atom stereocenters. The molecule has 17 heavy (non-hydrogen) atoms. The molecule has 3 nitrogen and oxygen atoms in total. The smallest absolute Gasteiger partial charge is 0.130 e. The van der Waals surface area contributed by atoms with Crippen LogP contribution in [0.25, 0.3) is 10.1 Å². The number of nitrogens with zero attached hydrogens (tertiary/aromatic N) is 2. The molecule has 0 aliphatic rings. The van der Waals surface area contributed by atoms with E-state index in [9.17, 15) is 0 Å². The highest BCUT2D eigenvalue weighted by molar-refractivity contribution is 7.17. The third-order valence-corrected chi connectivity index (χ3v) is 3.96. The Morgan fingerprint density at radius 3 is 2.94 bits per heavy atom. The van der Waals surface area contributed by atoms with Gasteiger partial charge in [0, 0.05) is 24.1 Å². The first-order chi connectivity index (χ1) is 8.27. The molecule has 86 valence electrons. The maximum Gasteiger partial charge on any atom is 0.130 e. The van der Waals surface area contributed by atoms with Crippen LogP contribution in [0.5, 0.6) is 0 Å². The fourth-order valence-electron chi connectivity index (χ4n) is 2.06. The summed E-state index contributed by atoms with van der Waals surface area (Å²) in [5.41, 5.74) is 7.45. The Morgan fingerprint density at radius 2 is 2.18 bits per heavy atom. The molecule has 0 fully saturated rings. The van der Waals surface area contributed by atoms with Crippen molar-refractivity contribution < 1.29 is 0 Å². The Labute approximate surface area is 104 Å². The van der Waals surface area contributed by atoms with Crippen LogP contribution in [0.1, 0.15) is 17.4 Å². The van der Waals surface area contributed by atoms with Crippen LogP contribution in [0.15, 0.2) is 42.0 Å². The summed E-state index contributed by atoms with van der Waals surface area (Å²) in [5.74, 6) is 0.897. The van der Waals surface area contributed by atoms with Gasteiger partial charge in [0.1, 0.15) is 5.82 Å². The lowest BCUT2D eigenvalue weighted by Gasteiger charge is -2.10. The number of nitrogens with two attached hydrogens (primary N) is 1. The number of rotatable bonds is 2. The van der Waals surface area contributed by atoms with Crippen molar-refractivity contribution in [2.45, 2.75) is 6.04 Å². The van der Waals surface area contributed by atoms with E-state index in [0.717, 1.165) is 11.4 Å². The van der Waals surface area contributed by atoms with E-state index in [4.69, 9.17) is 5.73 Å². The summed E-state index contributed by atoms with van der Waals surface area (Å²) in [6, 6.07) is 8.17. The third kappa shape index (κ3) is 1.66. The van der Waals surface area contributed by atoms with Crippen molar-refractivity contribution in [2.75, 3.05) is 0 Å². The van der Waals surface area contributed by atoms with Crippen molar-refractivity contribution in [3.05, 3.63) is 53.4 Å². The van der Waals surface area contributed by atoms with Crippen molar-refractivity contribution in [3.63, 3.8) is 0 Å². The Kier molecular flexibility index (Phi) is 2.46. The molecule has 0 saturated carbocycles. The zero-order valence-corrected chi connectivity index (χ0v) is 10.3. The van der Waals surface area contributed by atoms with E-state index < -0.39 is 0 Å². The van der Waals surface area contributed by atoms with Crippen LogP contribution >= 0.6 is 11.3 Å². The number of aromatic nitrogens is 2. The van der Waals surface area contributed by atoms with Crippen molar-refractivity contribution in [1.82, 2.24) is 9.55 Å². The first-order valence-corrected chi connectivity index (χ1v) is 6.34. The van der Waals surface area contributed by atoms with E-state index in [-0.39, 0.29) is 6.04 Å². The minimum atomic E-state index is -0.161. The van der Waals surface area contributed by atoms with Crippen LogP contribution in [0.3, 0.4) is 0 Å². The predicted octanol–water partition coefficient (Wildman–Crippen LogP) is 2.68. The molecule has 3 rings (SSSR count). The number of imidazole rings is 1. The zero-order chi connectivity index (χ0) is 11.8. The van der Waals surface area contributed by atoms with Gasteiger partial charge in [0.25, 0.3) is 0 Å². The first kappa shape index (κ1) is 10.5. The highest BCUT2D eigenvalue weighted by Crippen LogP contribution is 2.31. The summed E-state index contributed by atoms with van der Waals surface area (Å²) >= 11 is 1.73. The van der Waals surface area contributed by atoms with Crippen molar-refractivity contribution in [2.24, 2.45) is 12.8 Å². The van der Waals surface area contributed by atoms with E-state index in [2.05, 4.69) is 28.6 Å². The van der Waals surface area contributed by atoms with E-state index in [1.54, 1.807) is 17.5 Å². The van der Waals surface area contributed by atoms with E-state index in [1.807, 2.05) is 23.9 Å². The average molecular weight is 243 g/mol. The summed E-state index contributed by atoms with van der Waals surface area (Å²) in [6.07, 6.45) is 3.70. The Balaban J connectivity index is 2.13. The average Bonchev–Trinajstić information content (AvgIpc) is 2.94. The van der Waals surface area contributed by atoms with Crippen LogP contribution in [-0.4, -0.2) is 9.55 Å². The van der Waals surface area contributed by atoms with E-state index in [0.29, 0.717) is 0 Å². The summed E-state index contributed by atoms with van der Waals surface area (Å²) in [7, 11) is 1.97. The monoisotopic (exact) mass is 243 g/mol. The maximum absolute atomic E-state index is 6.30. The molecule has 0 amide bonds. The quantitative estimate of drug-likeness (QED) is 0.752. The molecule has 1 atom stereocenters. The predicted molar refractivity (Wildman–Crippen MR) is 71.1 cm³/mol. The van der Waals surface area contributed by atoms with Gasteiger partial charge in [-0.3, -0.25) is 0 Å². The second kappa shape index (κ2) is 3.98. The van der Waals surface area contributed by atoms with E-state index >= 15 is 0 Å². The minimum absolute atomic E-state index is 0.161. The largest absolute Gasteiger partial charge is 0.336 e. The molecule has 0 spiro atoms. The number of hydrogen-bond donors (Lipinski definition) is 1. The topological polar surface area (TPSA) is 43.8 Å². The van der Waals surface area contributed by atoms with Crippen LogP contribution < -0.4 is 5.73 Å². The van der Waals surface area contributed by atoms with Gasteiger partial charge >= 0.3 is 0 Å². The summed E-state index contributed by atoms with van der Waals surface area (Å²) in [5, 5.41) is 3.36. The lowest BCUT2D eigenvalue weighted by atomic mass is 10.1. The van der Waals surface area contributed by atoms with Gasteiger partial charge in [-0.25, -0.2) is 4.98 Å². The minimum Gasteiger partial charge on any atom is -0.336 e. The number of benzene rings is 1. The second-order valence-electron chi connectivity index (χ2n) is 4.06. The van der Waals surface area contributed by atoms with Gasteiger partial charge in [-0.1, -0.05) is 18.2 Å². The van der Waals surface area contributed by atoms with Crippen LogP contribution in [0.2, 0.25) is 0 Å². The number of aryl methyl sites for hydroxylation is 1. The summed E-state index contributed by atoms with van der Waals surface area (Å²) < 4.78 is 3.24. The van der Waals surface area contributed by atoms with Crippen molar-refractivity contribution >= 4 is 21.4 Å². The Hall–Kier alpha value is -1.65. The first-order valence-electron chi connectivity index (χ1n) is 5.46.